The highest BCUT2D eigenvalue weighted by Gasteiger charge is 2.64. The monoisotopic (exact) mass is 507 g/mol. The number of ether oxygens (including phenoxy) is 1. The Morgan fingerprint density at radius 3 is 2.31 bits per heavy atom. The second kappa shape index (κ2) is 8.85. The summed E-state index contributed by atoms with van der Waals surface area (Å²) in [6.07, 6.45) is 0.453. The lowest BCUT2D eigenvalue weighted by Gasteiger charge is -2.50. The summed E-state index contributed by atoms with van der Waals surface area (Å²) in [5.74, 6) is -5.58. The Morgan fingerprint density at radius 2 is 1.80 bits per heavy atom. The molecule has 1 aromatic rings. The third-order valence-corrected chi connectivity index (χ3v) is 7.26. The van der Waals surface area contributed by atoms with Gasteiger partial charge in [-0.2, -0.15) is 0 Å². The van der Waals surface area contributed by atoms with Crippen molar-refractivity contribution in [3.63, 3.8) is 0 Å². The predicted octanol–water partition coefficient (Wildman–Crippen LogP) is 0.755. The van der Waals surface area contributed by atoms with E-state index in [0.717, 1.165) is 11.3 Å². The second-order valence-corrected chi connectivity index (χ2v) is 9.50. The van der Waals surface area contributed by atoms with Gasteiger partial charge >= 0.3 is 0 Å². The van der Waals surface area contributed by atoms with Gasteiger partial charge in [0.1, 0.15) is 22.8 Å². The number of fused-ring (bicyclic) bond motifs is 3. The second-order valence-electron chi connectivity index (χ2n) is 9.50. The van der Waals surface area contributed by atoms with Crippen LogP contribution in [0.25, 0.3) is 5.76 Å². The Balaban J connectivity index is 0.00000342. The van der Waals surface area contributed by atoms with Gasteiger partial charge in [0, 0.05) is 31.3 Å². The van der Waals surface area contributed by atoms with E-state index in [4.69, 9.17) is 10.5 Å². The number of benzene rings is 1. The quantitative estimate of drug-likeness (QED) is 0.432. The molecule has 4 rings (SSSR count). The molecule has 11 heteroatoms. The molecule has 4 unspecified atom stereocenters. The van der Waals surface area contributed by atoms with Crippen molar-refractivity contribution in [1.29, 1.82) is 0 Å². The third-order valence-electron chi connectivity index (χ3n) is 7.26. The van der Waals surface area contributed by atoms with Gasteiger partial charge in [-0.1, -0.05) is 0 Å². The molecule has 0 saturated heterocycles. The molecule has 0 spiro atoms. The number of amides is 1. The molecule has 0 bridgehead atoms. The third kappa shape index (κ3) is 3.50. The number of carbonyl (C=O) groups excluding carboxylic acids is 3. The maximum atomic E-state index is 13.8. The molecule has 0 aromatic heterocycles. The summed E-state index contributed by atoms with van der Waals surface area (Å²) in [5, 5.41) is 33.8. The summed E-state index contributed by atoms with van der Waals surface area (Å²) in [4.78, 5) is 42.3. The summed E-state index contributed by atoms with van der Waals surface area (Å²) in [6.45, 7) is 0. The normalized spacial score (nSPS) is 27.7. The number of nitrogens with zero attached hydrogens (tertiary/aromatic N) is 2. The number of Topliss-reactive ketones (excluding diaryl/α,β-unsaturated/α-hetero) is 2. The lowest BCUT2D eigenvalue weighted by Crippen LogP contribution is -2.65. The van der Waals surface area contributed by atoms with Crippen molar-refractivity contribution in [3.8, 4) is 5.75 Å². The number of aliphatic hydroxyl groups is 3. The number of rotatable bonds is 4. The first-order chi connectivity index (χ1) is 15.9. The van der Waals surface area contributed by atoms with Crippen LogP contribution in [0.1, 0.15) is 17.5 Å². The van der Waals surface area contributed by atoms with Crippen molar-refractivity contribution in [2.75, 3.05) is 40.2 Å². The fourth-order valence-corrected chi connectivity index (χ4v) is 5.80. The van der Waals surface area contributed by atoms with Gasteiger partial charge in [0.05, 0.1) is 18.7 Å². The van der Waals surface area contributed by atoms with Crippen LogP contribution >= 0.6 is 12.4 Å². The fraction of sp³-hybridized carbons (Fsp3) is 0.458. The Morgan fingerprint density at radius 1 is 1.17 bits per heavy atom. The van der Waals surface area contributed by atoms with E-state index in [-0.39, 0.29) is 30.2 Å². The summed E-state index contributed by atoms with van der Waals surface area (Å²) in [6, 6.07) is 2.47. The zero-order valence-electron chi connectivity index (χ0n) is 20.2. The van der Waals surface area contributed by atoms with Gasteiger partial charge in [-0.15, -0.1) is 12.4 Å². The minimum atomic E-state index is -2.59. The van der Waals surface area contributed by atoms with E-state index in [0.29, 0.717) is 17.7 Å². The molecule has 0 heterocycles. The molecular formula is C24H30ClN3O7. The van der Waals surface area contributed by atoms with E-state index in [1.165, 1.54) is 12.0 Å². The number of halogens is 1. The van der Waals surface area contributed by atoms with Crippen molar-refractivity contribution in [3.05, 3.63) is 40.2 Å². The highest BCUT2D eigenvalue weighted by atomic mass is 35.5. The minimum absolute atomic E-state index is 0. The van der Waals surface area contributed by atoms with E-state index < -0.39 is 52.3 Å². The summed E-state index contributed by atoms with van der Waals surface area (Å²) in [7, 11) is 8.34. The van der Waals surface area contributed by atoms with E-state index in [1.807, 2.05) is 25.1 Å². The first-order valence-corrected chi connectivity index (χ1v) is 10.9. The molecule has 1 aromatic carbocycles. The van der Waals surface area contributed by atoms with Crippen LogP contribution in [0.2, 0.25) is 0 Å². The van der Waals surface area contributed by atoms with Crippen LogP contribution in [0.3, 0.4) is 0 Å². The van der Waals surface area contributed by atoms with Crippen molar-refractivity contribution in [2.24, 2.45) is 17.6 Å². The number of nitrogens with two attached hydrogens (primary N) is 1. The molecule has 35 heavy (non-hydrogen) atoms. The number of anilines is 1. The van der Waals surface area contributed by atoms with Crippen LogP contribution in [-0.2, 0) is 20.8 Å². The van der Waals surface area contributed by atoms with Gasteiger partial charge in [-0.3, -0.25) is 19.3 Å². The number of hydrogen-bond acceptors (Lipinski definition) is 9. The topological polar surface area (TPSA) is 154 Å². The van der Waals surface area contributed by atoms with Crippen LogP contribution in [0.4, 0.5) is 5.69 Å². The van der Waals surface area contributed by atoms with E-state index >= 15 is 0 Å². The van der Waals surface area contributed by atoms with E-state index in [9.17, 15) is 29.7 Å². The van der Waals surface area contributed by atoms with E-state index in [1.54, 1.807) is 20.2 Å². The molecular weight excluding hydrogens is 478 g/mol. The molecule has 190 valence electrons. The number of aliphatic hydroxyl groups excluding tert-OH is 2. The predicted molar refractivity (Wildman–Crippen MR) is 131 cm³/mol. The number of methoxy groups -OCH3 is 1. The average Bonchev–Trinajstić information content (AvgIpc) is 2.74. The lowest BCUT2D eigenvalue weighted by molar-refractivity contribution is -0.153. The zero-order valence-corrected chi connectivity index (χ0v) is 21.0. The smallest absolute Gasteiger partial charge is 0.255 e. The number of hydrogen-bond donors (Lipinski definition) is 4. The maximum Gasteiger partial charge on any atom is 0.255 e. The highest BCUT2D eigenvalue weighted by Crippen LogP contribution is 2.53. The van der Waals surface area contributed by atoms with Crippen LogP contribution < -0.4 is 15.4 Å². The maximum absolute atomic E-state index is 13.8. The van der Waals surface area contributed by atoms with Crippen molar-refractivity contribution in [2.45, 2.75) is 24.5 Å². The highest BCUT2D eigenvalue weighted by molar-refractivity contribution is 6.24. The minimum Gasteiger partial charge on any atom is -0.508 e. The van der Waals surface area contributed by atoms with Gasteiger partial charge in [0.15, 0.2) is 11.4 Å². The lowest BCUT2D eigenvalue weighted by atomic mass is 9.57. The molecule has 5 N–H and O–H groups in total. The summed E-state index contributed by atoms with van der Waals surface area (Å²) >= 11 is 0. The number of primary amides is 1. The Bertz CT molecular complexity index is 1190. The van der Waals surface area contributed by atoms with Crippen LogP contribution in [0, 0.1) is 11.8 Å². The molecule has 3 aliphatic carbocycles. The number of likely N-dealkylation sites (N-methyl/N-ethyl adjacent to an activating group) is 1. The molecule has 1 fully saturated rings. The molecule has 0 aliphatic heterocycles. The molecule has 4 atom stereocenters. The Kier molecular flexibility index (Phi) is 6.71. The first-order valence-electron chi connectivity index (χ1n) is 10.9. The standard InChI is InChI=1S/C24H29N3O7.ClH/c1-26(2)13-6-7-14(34-5)16-11(13)8-10-9-12-18(27(3)4)20(29)17(23(25)32)22(31)24(12,33)21(30)15(10)19(16)28;/h6-7,10,12,18,28,31,33H,8-9H2,1-5H3,(H2,25,32);1H. The fourth-order valence-electron chi connectivity index (χ4n) is 5.80. The van der Waals surface area contributed by atoms with Crippen LogP contribution in [0.15, 0.2) is 29.0 Å². The number of ketones is 2. The Labute approximate surface area is 209 Å². The van der Waals surface area contributed by atoms with Crippen molar-refractivity contribution in [1.82, 2.24) is 4.90 Å². The molecule has 1 saturated carbocycles. The van der Waals surface area contributed by atoms with Gasteiger partial charge < -0.3 is 30.7 Å². The van der Waals surface area contributed by atoms with Gasteiger partial charge in [-0.25, -0.2) is 0 Å². The first kappa shape index (κ1) is 26.5. The van der Waals surface area contributed by atoms with Gasteiger partial charge in [0.2, 0.25) is 5.78 Å². The van der Waals surface area contributed by atoms with Crippen LogP contribution in [-0.4, -0.2) is 84.6 Å². The number of carbonyl (C=O) groups is 3. The van der Waals surface area contributed by atoms with Gasteiger partial charge in [-0.05, 0) is 50.6 Å². The zero-order chi connectivity index (χ0) is 25.3. The summed E-state index contributed by atoms with van der Waals surface area (Å²) in [5.41, 5.74) is 3.83. The Hall–Kier alpha value is -3.08. The summed E-state index contributed by atoms with van der Waals surface area (Å²) < 4.78 is 5.44. The van der Waals surface area contributed by atoms with Gasteiger partial charge in [0.25, 0.3) is 5.91 Å². The van der Waals surface area contributed by atoms with Crippen LogP contribution in [0.5, 0.6) is 5.75 Å². The molecule has 3 aliphatic rings. The average molecular weight is 508 g/mol. The van der Waals surface area contributed by atoms with E-state index in [2.05, 4.69) is 0 Å². The largest absolute Gasteiger partial charge is 0.508 e. The molecule has 10 nitrogen and oxygen atoms in total. The SMILES string of the molecule is COc1ccc(N(C)C)c2c1C(O)=C1C(=O)C3(O)C(O)=C(C(N)=O)C(=O)C(N(C)C)C3CC1C2.Cl. The molecule has 1 amide bonds. The van der Waals surface area contributed by atoms with Crippen molar-refractivity contribution >= 4 is 41.3 Å². The molecule has 0 radical (unpaired) electrons. The van der Waals surface area contributed by atoms with Crippen molar-refractivity contribution < 1.29 is 34.4 Å².